The lowest BCUT2D eigenvalue weighted by Gasteiger charge is -2.31. The van der Waals surface area contributed by atoms with Gasteiger partial charge in [-0.3, -0.25) is 9.59 Å². The number of aromatic nitrogens is 2. The van der Waals surface area contributed by atoms with Gasteiger partial charge in [0.2, 0.25) is 0 Å². The number of carbonyl (C=O) groups excluding carboxylic acids is 1. The normalized spacial score (nSPS) is 17.4. The third kappa shape index (κ3) is 3.25. The van der Waals surface area contributed by atoms with Crippen molar-refractivity contribution in [2.45, 2.75) is 44.9 Å². The minimum atomic E-state index is -0.458. The van der Waals surface area contributed by atoms with Crippen molar-refractivity contribution in [2.75, 3.05) is 19.8 Å². The molecule has 0 radical (unpaired) electrons. The second kappa shape index (κ2) is 7.30. The molecule has 7 heteroatoms. The summed E-state index contributed by atoms with van der Waals surface area (Å²) in [6.45, 7) is 5.11. The van der Waals surface area contributed by atoms with Gasteiger partial charge < -0.3 is 14.8 Å². The molecule has 1 aliphatic heterocycles. The van der Waals surface area contributed by atoms with E-state index in [1.165, 1.54) is 0 Å². The van der Waals surface area contributed by atoms with E-state index in [9.17, 15) is 9.59 Å². The molecule has 1 aromatic carbocycles. The average Bonchev–Trinajstić information content (AvgIpc) is 3.19. The summed E-state index contributed by atoms with van der Waals surface area (Å²) in [5, 5.41) is 9.32. The van der Waals surface area contributed by atoms with Crippen LogP contribution in [0.5, 0.6) is 11.5 Å². The number of hydrogen-bond acceptors (Lipinski definition) is 5. The fourth-order valence-corrected chi connectivity index (χ4v) is 4.23. The van der Waals surface area contributed by atoms with Crippen molar-refractivity contribution in [3.63, 3.8) is 0 Å². The van der Waals surface area contributed by atoms with E-state index in [1.54, 1.807) is 13.8 Å². The average molecular weight is 383 g/mol. The molecule has 1 amide bonds. The first kappa shape index (κ1) is 18.5. The SMILES string of the molecule is Cc1n[nH]c(=O)c(C(=O)NCC2(c3ccc4c(c3)OCCO4)CCCC2)c1C. The molecule has 7 nitrogen and oxygen atoms in total. The summed E-state index contributed by atoms with van der Waals surface area (Å²) in [6, 6.07) is 6.06. The van der Waals surface area contributed by atoms with Gasteiger partial charge in [0.25, 0.3) is 11.5 Å². The largest absolute Gasteiger partial charge is 0.486 e. The predicted molar refractivity (Wildman–Crippen MR) is 104 cm³/mol. The van der Waals surface area contributed by atoms with Crippen molar-refractivity contribution in [1.29, 1.82) is 0 Å². The van der Waals surface area contributed by atoms with E-state index in [1.807, 2.05) is 12.1 Å². The lowest BCUT2D eigenvalue weighted by atomic mass is 9.78. The number of benzene rings is 1. The summed E-state index contributed by atoms with van der Waals surface area (Å²) < 4.78 is 11.4. The Labute approximate surface area is 163 Å². The molecular formula is C21H25N3O4. The Balaban J connectivity index is 1.59. The van der Waals surface area contributed by atoms with Crippen molar-refractivity contribution in [3.05, 3.63) is 50.9 Å². The zero-order valence-electron chi connectivity index (χ0n) is 16.3. The molecular weight excluding hydrogens is 358 g/mol. The van der Waals surface area contributed by atoms with Crippen molar-refractivity contribution in [3.8, 4) is 11.5 Å². The van der Waals surface area contributed by atoms with E-state index in [2.05, 4.69) is 21.6 Å². The van der Waals surface area contributed by atoms with E-state index in [0.717, 1.165) is 42.7 Å². The van der Waals surface area contributed by atoms with Gasteiger partial charge >= 0.3 is 0 Å². The highest BCUT2D eigenvalue weighted by Crippen LogP contribution is 2.43. The Morgan fingerprint density at radius 1 is 1.18 bits per heavy atom. The van der Waals surface area contributed by atoms with Crippen molar-refractivity contribution < 1.29 is 14.3 Å². The number of nitrogens with zero attached hydrogens (tertiary/aromatic N) is 1. The first-order valence-electron chi connectivity index (χ1n) is 9.74. The van der Waals surface area contributed by atoms with E-state index >= 15 is 0 Å². The molecule has 148 valence electrons. The lowest BCUT2D eigenvalue weighted by Crippen LogP contribution is -2.41. The third-order valence-corrected chi connectivity index (χ3v) is 6.00. The summed E-state index contributed by atoms with van der Waals surface area (Å²) >= 11 is 0. The number of ether oxygens (including phenoxy) is 2. The molecule has 1 fully saturated rings. The molecule has 0 saturated heterocycles. The van der Waals surface area contributed by atoms with Crippen molar-refractivity contribution >= 4 is 5.91 Å². The quantitative estimate of drug-likeness (QED) is 0.846. The zero-order chi connectivity index (χ0) is 19.7. The molecule has 1 saturated carbocycles. The number of fused-ring (bicyclic) bond motifs is 1. The van der Waals surface area contributed by atoms with E-state index in [0.29, 0.717) is 31.0 Å². The van der Waals surface area contributed by atoms with Crippen LogP contribution in [0.2, 0.25) is 0 Å². The van der Waals surface area contributed by atoms with Gasteiger partial charge in [-0.05, 0) is 49.9 Å². The molecule has 1 aliphatic carbocycles. The third-order valence-electron chi connectivity index (χ3n) is 6.00. The van der Waals surface area contributed by atoms with Gasteiger partial charge in [-0.2, -0.15) is 5.10 Å². The number of nitrogens with one attached hydrogen (secondary N) is 2. The highest BCUT2D eigenvalue weighted by atomic mass is 16.6. The molecule has 0 atom stereocenters. The van der Waals surface area contributed by atoms with Crippen LogP contribution in [0.4, 0.5) is 0 Å². The number of hydrogen-bond donors (Lipinski definition) is 2. The number of carbonyl (C=O) groups is 1. The number of amides is 1. The van der Waals surface area contributed by atoms with Gasteiger partial charge in [-0.15, -0.1) is 0 Å². The van der Waals surface area contributed by atoms with E-state index in [4.69, 9.17) is 9.47 Å². The Kier molecular flexibility index (Phi) is 4.83. The lowest BCUT2D eigenvalue weighted by molar-refractivity contribution is 0.0940. The first-order chi connectivity index (χ1) is 13.5. The molecule has 2 aromatic rings. The van der Waals surface area contributed by atoms with Crippen LogP contribution in [0, 0.1) is 13.8 Å². The fourth-order valence-electron chi connectivity index (χ4n) is 4.23. The van der Waals surface area contributed by atoms with E-state index < -0.39 is 5.56 Å². The first-order valence-corrected chi connectivity index (χ1v) is 9.74. The van der Waals surface area contributed by atoms with Crippen LogP contribution in [0.1, 0.15) is 52.9 Å². The van der Waals surface area contributed by atoms with Crippen LogP contribution in [0.15, 0.2) is 23.0 Å². The minimum Gasteiger partial charge on any atom is -0.486 e. The summed E-state index contributed by atoms with van der Waals surface area (Å²) in [5.41, 5.74) is 1.93. The van der Waals surface area contributed by atoms with Gasteiger partial charge in [0, 0.05) is 12.0 Å². The van der Waals surface area contributed by atoms with E-state index in [-0.39, 0.29) is 16.9 Å². The number of H-pyrrole nitrogens is 1. The summed E-state index contributed by atoms with van der Waals surface area (Å²) in [7, 11) is 0. The zero-order valence-corrected chi connectivity index (χ0v) is 16.3. The summed E-state index contributed by atoms with van der Waals surface area (Å²) in [5.74, 6) is 1.17. The highest BCUT2D eigenvalue weighted by Gasteiger charge is 2.37. The maximum atomic E-state index is 12.8. The monoisotopic (exact) mass is 383 g/mol. The molecule has 4 rings (SSSR count). The van der Waals surface area contributed by atoms with Gasteiger partial charge in [-0.25, -0.2) is 5.10 Å². The molecule has 0 bridgehead atoms. The van der Waals surface area contributed by atoms with Crippen molar-refractivity contribution in [1.82, 2.24) is 15.5 Å². The maximum absolute atomic E-state index is 12.8. The molecule has 28 heavy (non-hydrogen) atoms. The van der Waals surface area contributed by atoms with Gasteiger partial charge in [0.15, 0.2) is 11.5 Å². The Hall–Kier alpha value is -2.83. The molecule has 2 N–H and O–H groups in total. The number of rotatable bonds is 4. The van der Waals surface area contributed by atoms with Crippen molar-refractivity contribution in [2.24, 2.45) is 0 Å². The van der Waals surface area contributed by atoms with Gasteiger partial charge in [-0.1, -0.05) is 18.9 Å². The Morgan fingerprint density at radius 3 is 2.64 bits per heavy atom. The standard InChI is InChI=1S/C21H25N3O4/c1-13-14(2)23-24-20(26)18(13)19(25)22-12-21(7-3-4-8-21)15-5-6-16-17(11-15)28-10-9-27-16/h5-6,11H,3-4,7-10,12H2,1-2H3,(H,22,25)(H,24,26). The second-order valence-corrected chi connectivity index (χ2v) is 7.67. The topological polar surface area (TPSA) is 93.3 Å². The molecule has 0 spiro atoms. The summed E-state index contributed by atoms with van der Waals surface area (Å²) in [6.07, 6.45) is 4.19. The highest BCUT2D eigenvalue weighted by molar-refractivity contribution is 5.95. The molecule has 2 aliphatic rings. The smallest absolute Gasteiger partial charge is 0.277 e. The number of aryl methyl sites for hydroxylation is 1. The Bertz CT molecular complexity index is 961. The van der Waals surface area contributed by atoms with Gasteiger partial charge in [0.05, 0.1) is 5.69 Å². The second-order valence-electron chi connectivity index (χ2n) is 7.67. The Morgan fingerprint density at radius 2 is 1.89 bits per heavy atom. The molecule has 2 heterocycles. The van der Waals surface area contributed by atoms with Crippen LogP contribution >= 0.6 is 0 Å². The molecule has 1 aromatic heterocycles. The minimum absolute atomic E-state index is 0.142. The van der Waals surface area contributed by atoms with Gasteiger partial charge in [0.1, 0.15) is 18.8 Å². The van der Waals surface area contributed by atoms with Crippen LogP contribution < -0.4 is 20.3 Å². The van der Waals surface area contributed by atoms with Crippen LogP contribution in [0.25, 0.3) is 0 Å². The van der Waals surface area contributed by atoms with Crippen LogP contribution in [0.3, 0.4) is 0 Å². The molecule has 0 unspecified atom stereocenters. The number of aromatic amines is 1. The predicted octanol–water partition coefficient (Wildman–Crippen LogP) is 2.40. The van der Waals surface area contributed by atoms with Crippen LogP contribution in [-0.4, -0.2) is 35.9 Å². The summed E-state index contributed by atoms with van der Waals surface area (Å²) in [4.78, 5) is 24.9. The van der Waals surface area contributed by atoms with Crippen LogP contribution in [-0.2, 0) is 5.41 Å². The maximum Gasteiger partial charge on any atom is 0.277 e. The fraction of sp³-hybridized carbons (Fsp3) is 0.476.